The average Bonchev–Trinajstić information content (AvgIpc) is 2.35. The first kappa shape index (κ1) is 13.2. The van der Waals surface area contributed by atoms with Crippen LogP contribution in [0.3, 0.4) is 0 Å². The van der Waals surface area contributed by atoms with Gasteiger partial charge in [0.05, 0.1) is 10.2 Å². The second-order valence-electron chi connectivity index (χ2n) is 3.28. The summed E-state index contributed by atoms with van der Waals surface area (Å²) in [5.41, 5.74) is 0.743. The lowest BCUT2D eigenvalue weighted by Crippen LogP contribution is -2.21. The van der Waals surface area contributed by atoms with Gasteiger partial charge in [-0.25, -0.2) is 14.8 Å². The van der Waals surface area contributed by atoms with E-state index in [4.69, 9.17) is 0 Å². The predicted molar refractivity (Wildman–Crippen MR) is 81.5 cm³/mol. The van der Waals surface area contributed by atoms with Crippen molar-refractivity contribution in [3.05, 3.63) is 44.7 Å². The van der Waals surface area contributed by atoms with E-state index in [9.17, 15) is 4.79 Å². The van der Waals surface area contributed by atoms with Crippen molar-refractivity contribution in [1.29, 1.82) is 0 Å². The number of hydrogen-bond acceptors (Lipinski definition) is 3. The fourth-order valence-corrected chi connectivity index (χ4v) is 1.92. The Kier molecular flexibility index (Phi) is 4.48. The van der Waals surface area contributed by atoms with Crippen molar-refractivity contribution >= 4 is 56.2 Å². The molecule has 5 nitrogen and oxygen atoms in total. The van der Waals surface area contributed by atoms with Gasteiger partial charge in [-0.3, -0.25) is 5.32 Å². The number of nitrogens with one attached hydrogen (secondary N) is 2. The maximum atomic E-state index is 11.7. The molecule has 1 aromatic carbocycles. The zero-order valence-corrected chi connectivity index (χ0v) is 12.8. The number of halogens is 2. The van der Waals surface area contributed by atoms with Gasteiger partial charge in [-0.15, -0.1) is 0 Å². The van der Waals surface area contributed by atoms with Crippen molar-refractivity contribution in [3.8, 4) is 0 Å². The van der Waals surface area contributed by atoms with Crippen molar-refractivity contribution in [2.75, 3.05) is 10.6 Å². The van der Waals surface area contributed by atoms with Crippen LogP contribution in [0, 0.1) is 3.57 Å². The largest absolute Gasteiger partial charge is 0.326 e. The highest BCUT2D eigenvalue weighted by molar-refractivity contribution is 14.1. The minimum absolute atomic E-state index is 0.252. The molecule has 2 rings (SSSR count). The number of carbonyl (C=O) groups excluding carboxylic acids is 1. The molecule has 0 saturated carbocycles. The van der Waals surface area contributed by atoms with Crippen molar-refractivity contribution in [1.82, 2.24) is 9.97 Å². The Morgan fingerprint density at radius 1 is 1.17 bits per heavy atom. The number of nitrogens with zero attached hydrogens (tertiary/aromatic N) is 2. The fraction of sp³-hybridized carbons (Fsp3) is 0. The lowest BCUT2D eigenvalue weighted by molar-refractivity contribution is 0.262. The second kappa shape index (κ2) is 6.10. The van der Waals surface area contributed by atoms with E-state index in [1.807, 2.05) is 24.3 Å². The van der Waals surface area contributed by atoms with E-state index < -0.39 is 0 Å². The molecule has 1 heterocycles. The summed E-state index contributed by atoms with van der Waals surface area (Å²) in [5.74, 6) is 0.252. The van der Waals surface area contributed by atoms with Gasteiger partial charge in [0, 0.05) is 16.0 Å². The Morgan fingerprint density at radius 2 is 1.83 bits per heavy atom. The molecular weight excluding hydrogens is 411 g/mol. The summed E-state index contributed by atoms with van der Waals surface area (Å²) in [7, 11) is 0. The van der Waals surface area contributed by atoms with Gasteiger partial charge in [0.2, 0.25) is 5.95 Å². The summed E-state index contributed by atoms with van der Waals surface area (Å²) in [5, 5.41) is 5.27. The van der Waals surface area contributed by atoms with E-state index in [-0.39, 0.29) is 12.0 Å². The van der Waals surface area contributed by atoms with Crippen LogP contribution < -0.4 is 10.6 Å². The lowest BCUT2D eigenvalue weighted by atomic mass is 10.3. The van der Waals surface area contributed by atoms with Gasteiger partial charge >= 0.3 is 6.03 Å². The summed E-state index contributed by atoms with van der Waals surface area (Å²) in [6.07, 6.45) is 3.13. The van der Waals surface area contributed by atoms with E-state index in [0.29, 0.717) is 0 Å². The summed E-state index contributed by atoms with van der Waals surface area (Å²) in [4.78, 5) is 19.6. The Labute approximate surface area is 126 Å². The van der Waals surface area contributed by atoms with E-state index in [0.717, 1.165) is 13.7 Å². The smallest absolute Gasteiger partial charge is 0.307 e. The van der Waals surface area contributed by atoms with Crippen molar-refractivity contribution < 1.29 is 4.79 Å². The van der Waals surface area contributed by atoms with E-state index in [2.05, 4.69) is 59.1 Å². The van der Waals surface area contributed by atoms with Crippen LogP contribution in [0.2, 0.25) is 0 Å². The van der Waals surface area contributed by atoms with E-state index in [1.165, 1.54) is 0 Å². The summed E-state index contributed by atoms with van der Waals surface area (Å²) >= 11 is 5.37. The van der Waals surface area contributed by atoms with Crippen LogP contribution >= 0.6 is 38.5 Å². The number of para-hydroxylation sites is 1. The topological polar surface area (TPSA) is 66.9 Å². The fourth-order valence-electron chi connectivity index (χ4n) is 1.19. The van der Waals surface area contributed by atoms with Gasteiger partial charge in [0.15, 0.2) is 0 Å². The van der Waals surface area contributed by atoms with Gasteiger partial charge in [0.25, 0.3) is 0 Å². The number of hydrogen-bond donors (Lipinski definition) is 2. The molecule has 0 spiro atoms. The van der Waals surface area contributed by atoms with Crippen LogP contribution in [0.4, 0.5) is 16.4 Å². The van der Waals surface area contributed by atoms with Crippen molar-refractivity contribution in [3.63, 3.8) is 0 Å². The Balaban J connectivity index is 2.01. The lowest BCUT2D eigenvalue weighted by Gasteiger charge is -2.07. The minimum Gasteiger partial charge on any atom is -0.307 e. The maximum Gasteiger partial charge on any atom is 0.326 e. The number of amides is 2. The average molecular weight is 419 g/mol. The molecule has 2 N–H and O–H groups in total. The van der Waals surface area contributed by atoms with Gasteiger partial charge in [0.1, 0.15) is 0 Å². The molecule has 18 heavy (non-hydrogen) atoms. The first-order chi connectivity index (χ1) is 8.65. The Morgan fingerprint density at radius 3 is 2.50 bits per heavy atom. The molecule has 0 aliphatic carbocycles. The van der Waals surface area contributed by atoms with Crippen LogP contribution in [0.25, 0.3) is 0 Å². The molecule has 0 unspecified atom stereocenters. The van der Waals surface area contributed by atoms with Crippen LogP contribution in [-0.2, 0) is 0 Å². The monoisotopic (exact) mass is 418 g/mol. The van der Waals surface area contributed by atoms with Crippen LogP contribution in [0.1, 0.15) is 0 Å². The third-order valence-corrected chi connectivity index (χ3v) is 3.32. The zero-order valence-electron chi connectivity index (χ0n) is 9.02. The molecule has 1 aromatic heterocycles. The van der Waals surface area contributed by atoms with Gasteiger partial charge in [-0.05, 0) is 50.7 Å². The number of carbonyl (C=O) groups is 1. The maximum absolute atomic E-state index is 11.7. The standard InChI is InChI=1S/C11H8BrIN4O/c12-7-5-14-10(15-6-7)17-11(18)16-9-4-2-1-3-8(9)13/h1-6H,(H2,14,15,16,17,18). The number of anilines is 2. The summed E-state index contributed by atoms with van der Waals surface area (Å²) in [6.45, 7) is 0. The molecule has 0 bridgehead atoms. The normalized spacial score (nSPS) is 9.89. The molecule has 0 aliphatic heterocycles. The molecular formula is C11H8BrIN4O. The molecule has 0 fully saturated rings. The molecule has 92 valence electrons. The highest BCUT2D eigenvalue weighted by Gasteiger charge is 2.06. The third kappa shape index (κ3) is 3.64. The molecule has 0 radical (unpaired) electrons. The molecule has 2 amide bonds. The van der Waals surface area contributed by atoms with Gasteiger partial charge < -0.3 is 5.32 Å². The van der Waals surface area contributed by atoms with Crippen molar-refractivity contribution in [2.24, 2.45) is 0 Å². The molecule has 7 heteroatoms. The van der Waals surface area contributed by atoms with Crippen LogP contribution in [0.15, 0.2) is 41.1 Å². The number of rotatable bonds is 2. The Hall–Kier alpha value is -1.22. The van der Waals surface area contributed by atoms with E-state index in [1.54, 1.807) is 12.4 Å². The SMILES string of the molecule is O=C(Nc1ncc(Br)cn1)Nc1ccccc1I. The molecule has 2 aromatic rings. The first-order valence-electron chi connectivity index (χ1n) is 4.95. The zero-order chi connectivity index (χ0) is 13.0. The number of urea groups is 1. The van der Waals surface area contributed by atoms with Gasteiger partial charge in [-0.2, -0.15) is 0 Å². The number of aromatic nitrogens is 2. The van der Waals surface area contributed by atoms with Gasteiger partial charge in [-0.1, -0.05) is 12.1 Å². The summed E-state index contributed by atoms with van der Waals surface area (Å²) in [6, 6.07) is 7.12. The quantitative estimate of drug-likeness (QED) is 0.733. The second-order valence-corrected chi connectivity index (χ2v) is 5.36. The van der Waals surface area contributed by atoms with Crippen LogP contribution in [-0.4, -0.2) is 16.0 Å². The molecule has 0 atom stereocenters. The van der Waals surface area contributed by atoms with E-state index >= 15 is 0 Å². The third-order valence-electron chi connectivity index (χ3n) is 1.97. The summed E-state index contributed by atoms with van der Waals surface area (Å²) < 4.78 is 1.72. The molecule has 0 aliphatic rings. The molecule has 0 saturated heterocycles. The highest BCUT2D eigenvalue weighted by atomic mass is 127. The highest BCUT2D eigenvalue weighted by Crippen LogP contribution is 2.17. The number of benzene rings is 1. The van der Waals surface area contributed by atoms with Crippen LogP contribution in [0.5, 0.6) is 0 Å². The first-order valence-corrected chi connectivity index (χ1v) is 6.82. The van der Waals surface area contributed by atoms with Crippen molar-refractivity contribution in [2.45, 2.75) is 0 Å². The predicted octanol–water partition coefficient (Wildman–Crippen LogP) is 3.49. The Bertz CT molecular complexity index is 561. The minimum atomic E-state index is -0.374.